The average molecular weight is 239 g/mol. The molecule has 0 aliphatic heterocycles. The van der Waals surface area contributed by atoms with Gasteiger partial charge in [0.2, 0.25) is 0 Å². The summed E-state index contributed by atoms with van der Waals surface area (Å²) in [5, 5.41) is 3.02. The molecule has 0 unspecified atom stereocenters. The molecule has 0 fully saturated rings. The largest absolute Gasteiger partial charge is 0.294 e. The summed E-state index contributed by atoms with van der Waals surface area (Å²) in [7, 11) is 0. The maximum absolute atomic E-state index is 11.8. The number of Topliss-reactive ketones (excluding diaryl/α,β-unsaturated/α-hetero) is 1. The Balaban J connectivity index is 2.31. The molecule has 0 aliphatic rings. The first-order chi connectivity index (χ1) is 7.33. The molecule has 0 aliphatic carbocycles. The molecule has 0 spiro atoms. The molecule has 0 bridgehead atoms. The van der Waals surface area contributed by atoms with Gasteiger partial charge < -0.3 is 0 Å². The highest BCUT2D eigenvalue weighted by atomic mass is 35.5. The van der Waals surface area contributed by atoms with Gasteiger partial charge in [0.1, 0.15) is 0 Å². The Labute approximate surface area is 97.7 Å². The molecular formula is C12H11ClOS. The number of hydrogen-bond donors (Lipinski definition) is 0. The molecule has 78 valence electrons. The number of thiophene rings is 1. The Bertz CT molecular complexity index is 475. The highest BCUT2D eigenvalue weighted by molar-refractivity contribution is 7.17. The number of rotatable bonds is 4. The molecular weight excluding hydrogens is 228 g/mol. The van der Waals surface area contributed by atoms with Crippen LogP contribution in [-0.2, 0) is 0 Å². The average Bonchev–Trinajstić information content (AvgIpc) is 2.69. The molecule has 0 amide bonds. The number of fused-ring (bicyclic) bond motifs is 1. The van der Waals surface area contributed by atoms with Crippen LogP contribution in [0, 0.1) is 0 Å². The molecule has 0 atom stereocenters. The SMILES string of the molecule is O=C(CCCCl)c1csc2ccccc12. The lowest BCUT2D eigenvalue weighted by Gasteiger charge is -1.97. The number of hydrogen-bond acceptors (Lipinski definition) is 2. The van der Waals surface area contributed by atoms with Crippen molar-refractivity contribution in [1.29, 1.82) is 0 Å². The zero-order valence-corrected chi connectivity index (χ0v) is 9.77. The van der Waals surface area contributed by atoms with Crippen molar-refractivity contribution in [1.82, 2.24) is 0 Å². The summed E-state index contributed by atoms with van der Waals surface area (Å²) in [6, 6.07) is 8.00. The van der Waals surface area contributed by atoms with Gasteiger partial charge in [-0.15, -0.1) is 22.9 Å². The van der Waals surface area contributed by atoms with Crippen LogP contribution in [0.4, 0.5) is 0 Å². The first kappa shape index (κ1) is 10.7. The summed E-state index contributed by atoms with van der Waals surface area (Å²) in [5.41, 5.74) is 0.848. The maximum atomic E-state index is 11.8. The molecule has 1 nitrogen and oxygen atoms in total. The molecule has 0 N–H and O–H groups in total. The lowest BCUT2D eigenvalue weighted by Crippen LogP contribution is -1.97. The van der Waals surface area contributed by atoms with E-state index in [2.05, 4.69) is 0 Å². The minimum Gasteiger partial charge on any atom is -0.294 e. The lowest BCUT2D eigenvalue weighted by molar-refractivity contribution is 0.0984. The molecule has 1 aromatic heterocycles. The van der Waals surface area contributed by atoms with Crippen molar-refractivity contribution in [3.63, 3.8) is 0 Å². The number of benzene rings is 1. The maximum Gasteiger partial charge on any atom is 0.164 e. The second-order valence-corrected chi connectivity index (χ2v) is 4.65. The lowest BCUT2D eigenvalue weighted by atomic mass is 10.1. The van der Waals surface area contributed by atoms with E-state index >= 15 is 0 Å². The van der Waals surface area contributed by atoms with Gasteiger partial charge in [-0.1, -0.05) is 18.2 Å². The number of halogens is 1. The Hall–Kier alpha value is -0.860. The van der Waals surface area contributed by atoms with Crippen LogP contribution in [0.1, 0.15) is 23.2 Å². The van der Waals surface area contributed by atoms with Crippen LogP contribution in [0.15, 0.2) is 29.6 Å². The molecule has 0 saturated carbocycles. The number of ketones is 1. The summed E-state index contributed by atoms with van der Waals surface area (Å²) in [4.78, 5) is 11.8. The Morgan fingerprint density at radius 1 is 1.33 bits per heavy atom. The molecule has 3 heteroatoms. The quantitative estimate of drug-likeness (QED) is 0.579. The van der Waals surface area contributed by atoms with Crippen molar-refractivity contribution in [2.45, 2.75) is 12.8 Å². The van der Waals surface area contributed by atoms with E-state index in [9.17, 15) is 4.79 Å². The van der Waals surface area contributed by atoms with Crippen LogP contribution in [0.5, 0.6) is 0 Å². The summed E-state index contributed by atoms with van der Waals surface area (Å²) in [5.74, 6) is 0.751. The highest BCUT2D eigenvalue weighted by Crippen LogP contribution is 2.26. The molecule has 0 radical (unpaired) electrons. The van der Waals surface area contributed by atoms with Crippen molar-refractivity contribution in [2.24, 2.45) is 0 Å². The monoisotopic (exact) mass is 238 g/mol. The fourth-order valence-corrected chi connectivity index (χ4v) is 2.65. The van der Waals surface area contributed by atoms with Crippen LogP contribution < -0.4 is 0 Å². The van der Waals surface area contributed by atoms with Crippen molar-refractivity contribution < 1.29 is 4.79 Å². The van der Waals surface area contributed by atoms with Crippen molar-refractivity contribution in [2.75, 3.05) is 5.88 Å². The van der Waals surface area contributed by atoms with Crippen LogP contribution >= 0.6 is 22.9 Å². The topological polar surface area (TPSA) is 17.1 Å². The van der Waals surface area contributed by atoms with E-state index in [0.717, 1.165) is 17.4 Å². The van der Waals surface area contributed by atoms with E-state index in [1.165, 1.54) is 4.70 Å². The summed E-state index contributed by atoms with van der Waals surface area (Å²) < 4.78 is 1.17. The summed E-state index contributed by atoms with van der Waals surface area (Å²) in [6.07, 6.45) is 1.30. The second kappa shape index (κ2) is 4.77. The third kappa shape index (κ3) is 2.21. The fraction of sp³-hybridized carbons (Fsp3) is 0.250. The Morgan fingerprint density at radius 3 is 2.93 bits per heavy atom. The predicted molar refractivity (Wildman–Crippen MR) is 66.1 cm³/mol. The first-order valence-corrected chi connectivity index (χ1v) is 6.29. The predicted octanol–water partition coefficient (Wildman–Crippen LogP) is 4.10. The minimum absolute atomic E-state index is 0.202. The van der Waals surface area contributed by atoms with Gasteiger partial charge in [0.25, 0.3) is 0 Å². The zero-order chi connectivity index (χ0) is 10.7. The van der Waals surface area contributed by atoms with Crippen LogP contribution in [0.3, 0.4) is 0 Å². The standard InChI is InChI=1S/C12H11ClOS/c13-7-3-5-11(14)10-8-15-12-6-2-1-4-9(10)12/h1-2,4,6,8H,3,5,7H2. The van der Waals surface area contributed by atoms with Crippen molar-refractivity contribution in [3.8, 4) is 0 Å². The van der Waals surface area contributed by atoms with Crippen LogP contribution in [-0.4, -0.2) is 11.7 Å². The molecule has 1 heterocycles. The van der Waals surface area contributed by atoms with E-state index < -0.39 is 0 Å². The van der Waals surface area contributed by atoms with Crippen molar-refractivity contribution >= 4 is 38.8 Å². The third-order valence-electron chi connectivity index (χ3n) is 2.32. The summed E-state index contributed by atoms with van der Waals surface area (Å²) in [6.45, 7) is 0. The number of carbonyl (C=O) groups is 1. The molecule has 0 saturated heterocycles. The molecule has 2 rings (SSSR count). The van der Waals surface area contributed by atoms with Gasteiger partial charge >= 0.3 is 0 Å². The zero-order valence-electron chi connectivity index (χ0n) is 8.20. The van der Waals surface area contributed by atoms with Gasteiger partial charge in [-0.2, -0.15) is 0 Å². The molecule has 2 aromatic rings. The summed E-state index contributed by atoms with van der Waals surface area (Å²) >= 11 is 7.20. The van der Waals surface area contributed by atoms with E-state index in [1.54, 1.807) is 11.3 Å². The van der Waals surface area contributed by atoms with Crippen molar-refractivity contribution in [3.05, 3.63) is 35.2 Å². The van der Waals surface area contributed by atoms with Crippen LogP contribution in [0.2, 0.25) is 0 Å². The highest BCUT2D eigenvalue weighted by Gasteiger charge is 2.10. The van der Waals surface area contributed by atoms with Gasteiger partial charge in [-0.05, 0) is 12.5 Å². The van der Waals surface area contributed by atoms with E-state index in [0.29, 0.717) is 12.3 Å². The minimum atomic E-state index is 0.202. The molecule has 15 heavy (non-hydrogen) atoms. The van der Waals surface area contributed by atoms with E-state index in [-0.39, 0.29) is 5.78 Å². The second-order valence-electron chi connectivity index (χ2n) is 3.36. The van der Waals surface area contributed by atoms with Gasteiger partial charge in [0.15, 0.2) is 5.78 Å². The smallest absolute Gasteiger partial charge is 0.164 e. The Morgan fingerprint density at radius 2 is 2.13 bits per heavy atom. The van der Waals surface area contributed by atoms with Crippen LogP contribution in [0.25, 0.3) is 10.1 Å². The van der Waals surface area contributed by atoms with Gasteiger partial charge in [0.05, 0.1) is 0 Å². The van der Waals surface area contributed by atoms with E-state index in [1.807, 2.05) is 29.6 Å². The fourth-order valence-electron chi connectivity index (χ4n) is 1.56. The number of carbonyl (C=O) groups excluding carboxylic acids is 1. The third-order valence-corrected chi connectivity index (χ3v) is 3.55. The first-order valence-electron chi connectivity index (χ1n) is 4.88. The number of alkyl halides is 1. The van der Waals surface area contributed by atoms with Gasteiger partial charge in [-0.25, -0.2) is 0 Å². The van der Waals surface area contributed by atoms with Gasteiger partial charge in [-0.3, -0.25) is 4.79 Å². The Kier molecular flexibility index (Phi) is 3.39. The van der Waals surface area contributed by atoms with Gasteiger partial charge in [0, 0.05) is 33.3 Å². The normalized spacial score (nSPS) is 10.7. The molecule has 1 aromatic carbocycles. The van der Waals surface area contributed by atoms with E-state index in [4.69, 9.17) is 11.6 Å².